The summed E-state index contributed by atoms with van der Waals surface area (Å²) in [5.41, 5.74) is 5.56. The Kier molecular flexibility index (Phi) is 6.75. The summed E-state index contributed by atoms with van der Waals surface area (Å²) in [6.45, 7) is 6.87. The zero-order valence-corrected chi connectivity index (χ0v) is 12.3. The van der Waals surface area contributed by atoms with Gasteiger partial charge in [-0.1, -0.05) is 13.3 Å². The van der Waals surface area contributed by atoms with Crippen LogP contribution in [0.4, 0.5) is 0 Å². The number of ether oxygens (including phenoxy) is 3. The third-order valence-electron chi connectivity index (χ3n) is 3.07. The highest BCUT2D eigenvalue weighted by Crippen LogP contribution is 2.29. The fourth-order valence-electron chi connectivity index (χ4n) is 2.28. The highest BCUT2D eigenvalue weighted by molar-refractivity contribution is 5.69. The van der Waals surface area contributed by atoms with E-state index >= 15 is 0 Å². The molecule has 0 amide bonds. The molecule has 2 N–H and O–H groups in total. The van der Waals surface area contributed by atoms with Crippen LogP contribution in [0.3, 0.4) is 0 Å². The van der Waals surface area contributed by atoms with E-state index in [1.165, 1.54) is 0 Å². The van der Waals surface area contributed by atoms with Crippen LogP contribution in [0.25, 0.3) is 0 Å². The second-order valence-corrected chi connectivity index (χ2v) is 5.47. The molecule has 1 rings (SSSR count). The molecule has 1 heterocycles. The molecule has 1 aliphatic heterocycles. The molecule has 0 aromatic carbocycles. The van der Waals surface area contributed by atoms with E-state index in [0.29, 0.717) is 19.6 Å². The number of carbonyl (C=O) groups is 1. The van der Waals surface area contributed by atoms with Gasteiger partial charge in [0.15, 0.2) is 5.79 Å². The topological polar surface area (TPSA) is 70.8 Å². The number of rotatable bonds is 7. The van der Waals surface area contributed by atoms with E-state index in [1.807, 2.05) is 13.8 Å². The molecule has 0 aromatic rings. The molecule has 0 aliphatic carbocycles. The van der Waals surface area contributed by atoms with Gasteiger partial charge in [-0.2, -0.15) is 0 Å². The average Bonchev–Trinajstić information content (AvgIpc) is 2.27. The van der Waals surface area contributed by atoms with Crippen LogP contribution in [0.5, 0.6) is 0 Å². The summed E-state index contributed by atoms with van der Waals surface area (Å²) in [6.07, 6.45) is 3.61. The van der Waals surface area contributed by atoms with Crippen LogP contribution in [0, 0.1) is 0 Å². The van der Waals surface area contributed by atoms with Crippen molar-refractivity contribution in [3.63, 3.8) is 0 Å². The summed E-state index contributed by atoms with van der Waals surface area (Å²) in [6, 6.07) is 0. The minimum absolute atomic E-state index is 0.0576. The van der Waals surface area contributed by atoms with Crippen molar-refractivity contribution in [3.8, 4) is 0 Å². The third kappa shape index (κ3) is 6.36. The zero-order chi connectivity index (χ0) is 14.3. The molecule has 5 heteroatoms. The zero-order valence-electron chi connectivity index (χ0n) is 12.3. The van der Waals surface area contributed by atoms with Gasteiger partial charge >= 0.3 is 5.97 Å². The summed E-state index contributed by atoms with van der Waals surface area (Å²) in [5.74, 6) is -0.852. The lowest BCUT2D eigenvalue weighted by Gasteiger charge is -2.40. The van der Waals surface area contributed by atoms with Gasteiger partial charge in [0, 0.05) is 6.42 Å². The van der Waals surface area contributed by atoms with E-state index in [4.69, 9.17) is 19.9 Å². The quantitative estimate of drug-likeness (QED) is 0.567. The number of hydrogen-bond donors (Lipinski definition) is 1. The van der Waals surface area contributed by atoms with Crippen LogP contribution in [-0.4, -0.2) is 37.1 Å². The first-order chi connectivity index (χ1) is 8.96. The highest BCUT2D eigenvalue weighted by atomic mass is 16.7. The standard InChI is InChI=1S/C14H27NO4/c1-4-5-8-17-13(16)10-12-9-11(6-7-15)18-14(2,3)19-12/h11-12H,4-10,15H2,1-3H3. The van der Waals surface area contributed by atoms with Gasteiger partial charge in [-0.15, -0.1) is 0 Å². The number of hydrogen-bond acceptors (Lipinski definition) is 5. The van der Waals surface area contributed by atoms with Crippen LogP contribution in [0.2, 0.25) is 0 Å². The maximum absolute atomic E-state index is 11.7. The van der Waals surface area contributed by atoms with Gasteiger partial charge in [-0.3, -0.25) is 4.79 Å². The van der Waals surface area contributed by atoms with Crippen molar-refractivity contribution in [1.29, 1.82) is 0 Å². The van der Waals surface area contributed by atoms with Crippen molar-refractivity contribution in [2.24, 2.45) is 5.73 Å². The number of esters is 1. The predicted molar refractivity (Wildman–Crippen MR) is 72.6 cm³/mol. The van der Waals surface area contributed by atoms with Gasteiger partial charge in [0.25, 0.3) is 0 Å². The fraction of sp³-hybridized carbons (Fsp3) is 0.929. The second kappa shape index (κ2) is 7.82. The van der Waals surface area contributed by atoms with E-state index in [9.17, 15) is 4.79 Å². The molecule has 0 radical (unpaired) electrons. The molecule has 112 valence electrons. The Morgan fingerprint density at radius 2 is 2.05 bits per heavy atom. The molecule has 0 aromatic heterocycles. The van der Waals surface area contributed by atoms with Crippen molar-refractivity contribution in [2.75, 3.05) is 13.2 Å². The molecular formula is C14H27NO4. The summed E-state index contributed by atoms with van der Waals surface area (Å²) in [4.78, 5) is 11.7. The van der Waals surface area contributed by atoms with Crippen molar-refractivity contribution in [2.45, 2.75) is 70.9 Å². The molecule has 1 saturated heterocycles. The maximum atomic E-state index is 11.7. The largest absolute Gasteiger partial charge is 0.466 e. The highest BCUT2D eigenvalue weighted by Gasteiger charge is 2.36. The molecule has 5 nitrogen and oxygen atoms in total. The van der Waals surface area contributed by atoms with Gasteiger partial charge in [-0.25, -0.2) is 0 Å². The van der Waals surface area contributed by atoms with Crippen LogP contribution < -0.4 is 5.73 Å². The molecule has 19 heavy (non-hydrogen) atoms. The molecule has 0 saturated carbocycles. The summed E-state index contributed by atoms with van der Waals surface area (Å²) < 4.78 is 16.7. The Labute approximate surface area is 115 Å². The van der Waals surface area contributed by atoms with Crippen molar-refractivity contribution >= 4 is 5.97 Å². The lowest BCUT2D eigenvalue weighted by molar-refractivity contribution is -0.300. The summed E-state index contributed by atoms with van der Waals surface area (Å²) in [5, 5.41) is 0. The first-order valence-electron chi connectivity index (χ1n) is 7.18. The average molecular weight is 273 g/mol. The summed E-state index contributed by atoms with van der Waals surface area (Å²) in [7, 11) is 0. The van der Waals surface area contributed by atoms with Crippen LogP contribution >= 0.6 is 0 Å². The van der Waals surface area contributed by atoms with Crippen molar-refractivity contribution in [3.05, 3.63) is 0 Å². The molecule has 2 unspecified atom stereocenters. The van der Waals surface area contributed by atoms with Gasteiger partial charge in [0.1, 0.15) is 0 Å². The van der Waals surface area contributed by atoms with E-state index in [1.54, 1.807) is 0 Å². The molecule has 1 fully saturated rings. The SMILES string of the molecule is CCCCOC(=O)CC1CC(CCN)OC(C)(C)O1. The number of unbranched alkanes of at least 4 members (excludes halogenated alkanes) is 1. The lowest BCUT2D eigenvalue weighted by Crippen LogP contribution is -2.45. The third-order valence-corrected chi connectivity index (χ3v) is 3.07. The minimum atomic E-state index is -0.660. The summed E-state index contributed by atoms with van der Waals surface area (Å²) >= 11 is 0. The Morgan fingerprint density at radius 1 is 1.37 bits per heavy atom. The molecule has 0 bridgehead atoms. The van der Waals surface area contributed by atoms with Gasteiger partial charge < -0.3 is 19.9 Å². The molecule has 2 atom stereocenters. The smallest absolute Gasteiger partial charge is 0.308 e. The lowest BCUT2D eigenvalue weighted by atomic mass is 10.0. The van der Waals surface area contributed by atoms with Crippen molar-refractivity contribution in [1.82, 2.24) is 0 Å². The monoisotopic (exact) mass is 273 g/mol. The predicted octanol–water partition coefficient (Wildman–Crippen LogP) is 1.98. The Bertz CT molecular complexity index is 281. The molecular weight excluding hydrogens is 246 g/mol. The van der Waals surface area contributed by atoms with Gasteiger partial charge in [0.2, 0.25) is 0 Å². The van der Waals surface area contributed by atoms with Crippen LogP contribution in [-0.2, 0) is 19.0 Å². The van der Waals surface area contributed by atoms with Crippen LogP contribution in [0.15, 0.2) is 0 Å². The minimum Gasteiger partial charge on any atom is -0.466 e. The van der Waals surface area contributed by atoms with Crippen LogP contribution in [0.1, 0.15) is 52.9 Å². The normalized spacial score (nSPS) is 26.1. The Balaban J connectivity index is 2.40. The molecule has 1 aliphatic rings. The number of carbonyl (C=O) groups excluding carboxylic acids is 1. The Hall–Kier alpha value is -0.650. The van der Waals surface area contributed by atoms with E-state index < -0.39 is 5.79 Å². The maximum Gasteiger partial charge on any atom is 0.308 e. The van der Waals surface area contributed by atoms with E-state index in [2.05, 4.69) is 6.92 Å². The van der Waals surface area contributed by atoms with Gasteiger partial charge in [0.05, 0.1) is 25.2 Å². The number of nitrogens with two attached hydrogens (primary N) is 1. The van der Waals surface area contributed by atoms with Crippen molar-refractivity contribution < 1.29 is 19.0 Å². The van der Waals surface area contributed by atoms with E-state index in [-0.39, 0.29) is 24.6 Å². The fourth-order valence-corrected chi connectivity index (χ4v) is 2.28. The van der Waals surface area contributed by atoms with Gasteiger partial charge in [-0.05, 0) is 33.2 Å². The Morgan fingerprint density at radius 3 is 2.68 bits per heavy atom. The first-order valence-corrected chi connectivity index (χ1v) is 7.18. The molecule has 0 spiro atoms. The van der Waals surface area contributed by atoms with E-state index in [0.717, 1.165) is 19.3 Å². The first kappa shape index (κ1) is 16.4. The second-order valence-electron chi connectivity index (χ2n) is 5.47.